The molecule has 2 unspecified atom stereocenters. The van der Waals surface area contributed by atoms with Crippen molar-refractivity contribution in [3.8, 4) is 0 Å². The van der Waals surface area contributed by atoms with Gasteiger partial charge in [-0.1, -0.05) is 12.1 Å². The average Bonchev–Trinajstić information content (AvgIpc) is 2.28. The molecule has 1 N–H and O–H groups in total. The fraction of sp³-hybridized carbons (Fsp3) is 0.538. The fourth-order valence-corrected chi connectivity index (χ4v) is 2.20. The number of hydrogen-bond acceptors (Lipinski definition) is 3. The molecular weight excluding hydrogens is 202 g/mol. The van der Waals surface area contributed by atoms with Crippen LogP contribution in [0.5, 0.6) is 0 Å². The lowest BCUT2D eigenvalue weighted by atomic mass is 10.1. The second kappa shape index (κ2) is 4.85. The molecule has 0 aromatic heterocycles. The SMILES string of the molecule is CC1CN(c2ccc(CO)cc2)CC(C)O1. The van der Waals surface area contributed by atoms with Gasteiger partial charge >= 0.3 is 0 Å². The van der Waals surface area contributed by atoms with E-state index in [0.29, 0.717) is 0 Å². The van der Waals surface area contributed by atoms with Crippen molar-refractivity contribution >= 4 is 5.69 Å². The van der Waals surface area contributed by atoms with Gasteiger partial charge in [0.2, 0.25) is 0 Å². The van der Waals surface area contributed by atoms with Gasteiger partial charge in [0.25, 0.3) is 0 Å². The Hall–Kier alpha value is -1.06. The Kier molecular flexibility index (Phi) is 3.46. The van der Waals surface area contributed by atoms with Crippen molar-refractivity contribution in [2.75, 3.05) is 18.0 Å². The molecule has 88 valence electrons. The molecule has 0 spiro atoms. The standard InChI is InChI=1S/C13H19NO2/c1-10-7-14(8-11(2)16-10)13-5-3-12(9-15)4-6-13/h3-6,10-11,15H,7-9H2,1-2H3. The molecule has 1 aliphatic heterocycles. The number of hydrogen-bond donors (Lipinski definition) is 1. The third kappa shape index (κ3) is 2.54. The highest BCUT2D eigenvalue weighted by Gasteiger charge is 2.22. The molecule has 1 heterocycles. The van der Waals surface area contributed by atoms with Crippen LogP contribution in [-0.2, 0) is 11.3 Å². The summed E-state index contributed by atoms with van der Waals surface area (Å²) in [4.78, 5) is 2.33. The summed E-state index contributed by atoms with van der Waals surface area (Å²) in [6.07, 6.45) is 0.558. The lowest BCUT2D eigenvalue weighted by Gasteiger charge is -2.36. The predicted octanol–water partition coefficient (Wildman–Crippen LogP) is 1.79. The molecule has 0 aliphatic carbocycles. The number of anilines is 1. The van der Waals surface area contributed by atoms with E-state index in [-0.39, 0.29) is 18.8 Å². The molecule has 0 bridgehead atoms. The van der Waals surface area contributed by atoms with E-state index >= 15 is 0 Å². The Balaban J connectivity index is 2.10. The summed E-state index contributed by atoms with van der Waals surface area (Å²) in [7, 11) is 0. The van der Waals surface area contributed by atoms with Crippen molar-refractivity contribution in [1.82, 2.24) is 0 Å². The summed E-state index contributed by atoms with van der Waals surface area (Å²) in [6, 6.07) is 8.08. The van der Waals surface area contributed by atoms with Gasteiger partial charge in [-0.2, -0.15) is 0 Å². The maximum atomic E-state index is 8.99. The normalized spacial score (nSPS) is 25.8. The second-order valence-corrected chi connectivity index (χ2v) is 4.49. The van der Waals surface area contributed by atoms with Crippen molar-refractivity contribution in [3.05, 3.63) is 29.8 Å². The van der Waals surface area contributed by atoms with Crippen LogP contribution in [-0.4, -0.2) is 30.4 Å². The summed E-state index contributed by atoms with van der Waals surface area (Å²) in [5.74, 6) is 0. The number of ether oxygens (including phenoxy) is 1. The van der Waals surface area contributed by atoms with Crippen LogP contribution in [0.15, 0.2) is 24.3 Å². The Morgan fingerprint density at radius 1 is 1.19 bits per heavy atom. The Labute approximate surface area is 96.6 Å². The molecule has 0 radical (unpaired) electrons. The lowest BCUT2D eigenvalue weighted by Crippen LogP contribution is -2.45. The van der Waals surface area contributed by atoms with Gasteiger partial charge in [-0.3, -0.25) is 0 Å². The first kappa shape index (κ1) is 11.4. The second-order valence-electron chi connectivity index (χ2n) is 4.49. The fourth-order valence-electron chi connectivity index (χ4n) is 2.20. The van der Waals surface area contributed by atoms with Crippen LogP contribution < -0.4 is 4.90 Å². The van der Waals surface area contributed by atoms with Crippen molar-refractivity contribution in [3.63, 3.8) is 0 Å². The Morgan fingerprint density at radius 3 is 2.25 bits per heavy atom. The third-order valence-electron chi connectivity index (χ3n) is 2.90. The van der Waals surface area contributed by atoms with Crippen LogP contribution in [0.3, 0.4) is 0 Å². The molecule has 3 nitrogen and oxygen atoms in total. The molecule has 1 aromatic rings. The smallest absolute Gasteiger partial charge is 0.0726 e. The molecule has 1 fully saturated rings. The van der Waals surface area contributed by atoms with E-state index in [0.717, 1.165) is 18.7 Å². The van der Waals surface area contributed by atoms with E-state index in [2.05, 4.69) is 30.9 Å². The van der Waals surface area contributed by atoms with Gasteiger partial charge < -0.3 is 14.7 Å². The highest BCUT2D eigenvalue weighted by molar-refractivity contribution is 5.48. The van der Waals surface area contributed by atoms with Crippen LogP contribution in [0.25, 0.3) is 0 Å². The van der Waals surface area contributed by atoms with Crippen LogP contribution in [0, 0.1) is 0 Å². The summed E-state index contributed by atoms with van der Waals surface area (Å²) in [5.41, 5.74) is 2.16. The maximum absolute atomic E-state index is 8.99. The van der Waals surface area contributed by atoms with Gasteiger partial charge in [-0.25, -0.2) is 0 Å². The predicted molar refractivity (Wildman–Crippen MR) is 64.6 cm³/mol. The van der Waals surface area contributed by atoms with E-state index in [1.807, 2.05) is 12.1 Å². The average molecular weight is 221 g/mol. The number of benzene rings is 1. The van der Waals surface area contributed by atoms with Crippen LogP contribution in [0.1, 0.15) is 19.4 Å². The first-order chi connectivity index (χ1) is 7.69. The zero-order valence-corrected chi connectivity index (χ0v) is 9.89. The quantitative estimate of drug-likeness (QED) is 0.826. The van der Waals surface area contributed by atoms with Gasteiger partial charge in [0.1, 0.15) is 0 Å². The Bertz CT molecular complexity index is 326. The van der Waals surface area contributed by atoms with E-state index in [1.54, 1.807) is 0 Å². The topological polar surface area (TPSA) is 32.7 Å². The lowest BCUT2D eigenvalue weighted by molar-refractivity contribution is -0.00521. The molecule has 3 heteroatoms. The van der Waals surface area contributed by atoms with E-state index in [1.165, 1.54) is 5.69 Å². The van der Waals surface area contributed by atoms with Crippen molar-refractivity contribution in [1.29, 1.82) is 0 Å². The monoisotopic (exact) mass is 221 g/mol. The molecular formula is C13H19NO2. The van der Waals surface area contributed by atoms with Crippen molar-refractivity contribution < 1.29 is 9.84 Å². The first-order valence-electron chi connectivity index (χ1n) is 5.79. The number of aliphatic hydroxyl groups excluding tert-OH is 1. The van der Waals surface area contributed by atoms with Crippen LogP contribution >= 0.6 is 0 Å². The van der Waals surface area contributed by atoms with Gasteiger partial charge in [0.15, 0.2) is 0 Å². The van der Waals surface area contributed by atoms with Gasteiger partial charge in [0.05, 0.1) is 18.8 Å². The number of nitrogens with zero attached hydrogens (tertiary/aromatic N) is 1. The third-order valence-corrected chi connectivity index (χ3v) is 2.90. The molecule has 2 rings (SSSR count). The van der Waals surface area contributed by atoms with Gasteiger partial charge in [-0.05, 0) is 31.5 Å². The van der Waals surface area contributed by atoms with E-state index < -0.39 is 0 Å². The number of rotatable bonds is 2. The zero-order chi connectivity index (χ0) is 11.5. The van der Waals surface area contributed by atoms with E-state index in [9.17, 15) is 0 Å². The molecule has 16 heavy (non-hydrogen) atoms. The molecule has 2 atom stereocenters. The van der Waals surface area contributed by atoms with Gasteiger partial charge in [-0.15, -0.1) is 0 Å². The van der Waals surface area contributed by atoms with E-state index in [4.69, 9.17) is 9.84 Å². The molecule has 1 saturated heterocycles. The summed E-state index contributed by atoms with van der Waals surface area (Å²) in [5, 5.41) is 8.99. The highest BCUT2D eigenvalue weighted by Crippen LogP contribution is 2.20. The Morgan fingerprint density at radius 2 is 1.75 bits per heavy atom. The van der Waals surface area contributed by atoms with Crippen molar-refractivity contribution in [2.45, 2.75) is 32.7 Å². The summed E-state index contributed by atoms with van der Waals surface area (Å²) >= 11 is 0. The molecule has 1 aliphatic rings. The largest absolute Gasteiger partial charge is 0.392 e. The first-order valence-corrected chi connectivity index (χ1v) is 5.79. The summed E-state index contributed by atoms with van der Waals surface area (Å²) in [6.45, 7) is 6.18. The minimum Gasteiger partial charge on any atom is -0.392 e. The highest BCUT2D eigenvalue weighted by atomic mass is 16.5. The minimum atomic E-state index is 0.107. The van der Waals surface area contributed by atoms with Crippen LogP contribution in [0.4, 0.5) is 5.69 Å². The number of aliphatic hydroxyl groups is 1. The molecule has 0 amide bonds. The molecule has 0 saturated carbocycles. The zero-order valence-electron chi connectivity index (χ0n) is 9.89. The van der Waals surface area contributed by atoms with Crippen molar-refractivity contribution in [2.24, 2.45) is 0 Å². The van der Waals surface area contributed by atoms with Gasteiger partial charge in [0, 0.05) is 18.8 Å². The number of morpholine rings is 1. The maximum Gasteiger partial charge on any atom is 0.0726 e. The minimum absolute atomic E-state index is 0.107. The summed E-state index contributed by atoms with van der Waals surface area (Å²) < 4.78 is 5.70. The molecule has 1 aromatic carbocycles. The van der Waals surface area contributed by atoms with Crippen LogP contribution in [0.2, 0.25) is 0 Å².